The molecule has 0 saturated heterocycles. The monoisotopic (exact) mass is 263 g/mol. The number of hydrogen-bond donors (Lipinski definition) is 2. The fraction of sp³-hybridized carbons (Fsp3) is 0.167. The zero-order valence-electron chi connectivity index (χ0n) is 9.63. The maximum atomic E-state index is 11.5. The second kappa shape index (κ2) is 6.02. The lowest BCUT2D eigenvalue weighted by Gasteiger charge is -2.06. The molecule has 0 aliphatic carbocycles. The predicted molar refractivity (Wildman–Crippen MR) is 70.3 cm³/mol. The van der Waals surface area contributed by atoms with Gasteiger partial charge >= 0.3 is 0 Å². The fourth-order valence-corrected chi connectivity index (χ4v) is 1.87. The van der Waals surface area contributed by atoms with Crippen LogP contribution >= 0.6 is 11.3 Å². The minimum Gasteiger partial charge on any atom is -0.484 e. The first kappa shape index (κ1) is 12.4. The van der Waals surface area contributed by atoms with Crippen LogP contribution in [0.2, 0.25) is 0 Å². The molecule has 6 heteroatoms. The number of nitrogens with two attached hydrogens (primary N) is 1. The van der Waals surface area contributed by atoms with Crippen molar-refractivity contribution in [1.82, 2.24) is 10.3 Å². The number of thiazole rings is 1. The second-order valence-corrected chi connectivity index (χ2v) is 4.54. The standard InChI is InChI=1S/C12H13N3O2S/c13-9-2-1-3-10(6-9)17-8-11(16)15-7-12-14-4-5-18-12/h1-6H,7-8,13H2,(H,15,16). The van der Waals surface area contributed by atoms with Gasteiger partial charge < -0.3 is 15.8 Å². The summed E-state index contributed by atoms with van der Waals surface area (Å²) in [5.74, 6) is 0.395. The molecule has 94 valence electrons. The Labute approximate surface area is 109 Å². The Hall–Kier alpha value is -2.08. The maximum absolute atomic E-state index is 11.5. The molecule has 0 aliphatic heterocycles. The lowest BCUT2D eigenvalue weighted by atomic mass is 10.3. The molecular weight excluding hydrogens is 250 g/mol. The molecule has 0 atom stereocenters. The molecule has 0 fully saturated rings. The van der Waals surface area contributed by atoms with Crippen molar-refractivity contribution in [2.75, 3.05) is 12.3 Å². The van der Waals surface area contributed by atoms with Gasteiger partial charge in [0, 0.05) is 23.3 Å². The van der Waals surface area contributed by atoms with E-state index >= 15 is 0 Å². The first-order valence-electron chi connectivity index (χ1n) is 5.37. The SMILES string of the molecule is Nc1cccc(OCC(=O)NCc2nccs2)c1. The third-order valence-electron chi connectivity index (χ3n) is 2.15. The number of nitrogens with zero attached hydrogens (tertiary/aromatic N) is 1. The number of ether oxygens (including phenoxy) is 1. The first-order valence-corrected chi connectivity index (χ1v) is 6.25. The number of nitrogen functional groups attached to an aromatic ring is 1. The normalized spacial score (nSPS) is 10.0. The molecule has 0 saturated carbocycles. The molecular formula is C12H13N3O2S. The van der Waals surface area contributed by atoms with Gasteiger partial charge in [0.2, 0.25) is 0 Å². The van der Waals surface area contributed by atoms with Crippen LogP contribution in [0.4, 0.5) is 5.69 Å². The van der Waals surface area contributed by atoms with Crippen LogP contribution in [0.25, 0.3) is 0 Å². The summed E-state index contributed by atoms with van der Waals surface area (Å²) in [5, 5.41) is 5.46. The van der Waals surface area contributed by atoms with Crippen molar-refractivity contribution in [3.05, 3.63) is 40.8 Å². The van der Waals surface area contributed by atoms with E-state index in [4.69, 9.17) is 10.5 Å². The van der Waals surface area contributed by atoms with E-state index in [1.807, 2.05) is 5.38 Å². The number of hydrogen-bond acceptors (Lipinski definition) is 5. The zero-order valence-corrected chi connectivity index (χ0v) is 10.4. The van der Waals surface area contributed by atoms with E-state index in [0.29, 0.717) is 18.0 Å². The Morgan fingerprint density at radius 2 is 2.39 bits per heavy atom. The molecule has 1 heterocycles. The van der Waals surface area contributed by atoms with Gasteiger partial charge in [-0.25, -0.2) is 4.98 Å². The van der Waals surface area contributed by atoms with E-state index in [-0.39, 0.29) is 12.5 Å². The van der Waals surface area contributed by atoms with Crippen molar-refractivity contribution < 1.29 is 9.53 Å². The lowest BCUT2D eigenvalue weighted by Crippen LogP contribution is -2.28. The molecule has 0 bridgehead atoms. The van der Waals surface area contributed by atoms with Gasteiger partial charge in [-0.2, -0.15) is 0 Å². The zero-order chi connectivity index (χ0) is 12.8. The summed E-state index contributed by atoms with van der Waals surface area (Å²) in [4.78, 5) is 15.6. The van der Waals surface area contributed by atoms with Gasteiger partial charge in [-0.15, -0.1) is 11.3 Å². The lowest BCUT2D eigenvalue weighted by molar-refractivity contribution is -0.123. The van der Waals surface area contributed by atoms with Crippen LogP contribution < -0.4 is 15.8 Å². The van der Waals surface area contributed by atoms with Gasteiger partial charge in [0.25, 0.3) is 5.91 Å². The van der Waals surface area contributed by atoms with Crippen LogP contribution in [0, 0.1) is 0 Å². The third kappa shape index (κ3) is 3.74. The van der Waals surface area contributed by atoms with Crippen molar-refractivity contribution in [3.63, 3.8) is 0 Å². The Bertz CT molecular complexity index is 514. The van der Waals surface area contributed by atoms with Crippen molar-refractivity contribution in [2.45, 2.75) is 6.54 Å². The summed E-state index contributed by atoms with van der Waals surface area (Å²) in [6.45, 7) is 0.394. The van der Waals surface area contributed by atoms with Gasteiger partial charge in [0.1, 0.15) is 10.8 Å². The molecule has 5 nitrogen and oxygen atoms in total. The van der Waals surface area contributed by atoms with Crippen LogP contribution in [0.15, 0.2) is 35.8 Å². The number of nitrogens with one attached hydrogen (secondary N) is 1. The van der Waals surface area contributed by atoms with Crippen molar-refractivity contribution in [2.24, 2.45) is 0 Å². The smallest absolute Gasteiger partial charge is 0.258 e. The minimum absolute atomic E-state index is 0.0329. The van der Waals surface area contributed by atoms with E-state index in [1.165, 1.54) is 11.3 Å². The number of anilines is 1. The van der Waals surface area contributed by atoms with E-state index in [0.717, 1.165) is 5.01 Å². The summed E-state index contributed by atoms with van der Waals surface area (Å²) in [6.07, 6.45) is 1.70. The molecule has 0 aliphatic rings. The van der Waals surface area contributed by atoms with Crippen LogP contribution in [-0.4, -0.2) is 17.5 Å². The summed E-state index contributed by atoms with van der Waals surface area (Å²) < 4.78 is 5.31. The third-order valence-corrected chi connectivity index (χ3v) is 2.93. The Balaban J connectivity index is 1.75. The largest absolute Gasteiger partial charge is 0.484 e. The fourth-order valence-electron chi connectivity index (χ4n) is 1.32. The van der Waals surface area contributed by atoms with Gasteiger partial charge in [0.15, 0.2) is 6.61 Å². The summed E-state index contributed by atoms with van der Waals surface area (Å²) in [5.41, 5.74) is 6.21. The highest BCUT2D eigenvalue weighted by Gasteiger charge is 2.03. The molecule has 1 aromatic heterocycles. The molecule has 0 spiro atoms. The maximum Gasteiger partial charge on any atom is 0.258 e. The van der Waals surface area contributed by atoms with Crippen molar-refractivity contribution in [1.29, 1.82) is 0 Å². The molecule has 18 heavy (non-hydrogen) atoms. The van der Waals surface area contributed by atoms with Crippen LogP contribution in [0.5, 0.6) is 5.75 Å². The molecule has 3 N–H and O–H groups in total. The van der Waals surface area contributed by atoms with Crippen LogP contribution in [-0.2, 0) is 11.3 Å². The van der Waals surface area contributed by atoms with Gasteiger partial charge in [-0.05, 0) is 12.1 Å². The van der Waals surface area contributed by atoms with E-state index in [2.05, 4.69) is 10.3 Å². The number of amides is 1. The number of aromatic nitrogens is 1. The highest BCUT2D eigenvalue weighted by atomic mass is 32.1. The van der Waals surface area contributed by atoms with Gasteiger partial charge in [-0.1, -0.05) is 6.07 Å². The molecule has 2 rings (SSSR count). The van der Waals surface area contributed by atoms with Crippen molar-refractivity contribution in [3.8, 4) is 5.75 Å². The van der Waals surface area contributed by atoms with E-state index in [9.17, 15) is 4.79 Å². The quantitative estimate of drug-likeness (QED) is 0.800. The average Bonchev–Trinajstić information content (AvgIpc) is 2.87. The summed E-state index contributed by atoms with van der Waals surface area (Å²) in [7, 11) is 0. The van der Waals surface area contributed by atoms with Gasteiger partial charge in [-0.3, -0.25) is 4.79 Å². The highest BCUT2D eigenvalue weighted by Crippen LogP contribution is 2.14. The predicted octanol–water partition coefficient (Wildman–Crippen LogP) is 1.42. The number of rotatable bonds is 5. The second-order valence-electron chi connectivity index (χ2n) is 3.56. The van der Waals surface area contributed by atoms with E-state index in [1.54, 1.807) is 30.5 Å². The Morgan fingerprint density at radius 1 is 1.50 bits per heavy atom. The summed E-state index contributed by atoms with van der Waals surface area (Å²) >= 11 is 1.50. The Kier molecular flexibility index (Phi) is 4.14. The molecule has 1 amide bonds. The molecule has 2 aromatic rings. The van der Waals surface area contributed by atoms with Crippen molar-refractivity contribution >= 4 is 22.9 Å². The van der Waals surface area contributed by atoms with Crippen LogP contribution in [0.1, 0.15) is 5.01 Å². The Morgan fingerprint density at radius 3 is 3.11 bits per heavy atom. The summed E-state index contributed by atoms with van der Waals surface area (Å²) in [6, 6.07) is 6.96. The topological polar surface area (TPSA) is 77.2 Å². The molecule has 1 aromatic carbocycles. The van der Waals surface area contributed by atoms with Gasteiger partial charge in [0.05, 0.1) is 6.54 Å². The van der Waals surface area contributed by atoms with Crippen LogP contribution in [0.3, 0.4) is 0 Å². The molecule has 0 radical (unpaired) electrons. The van der Waals surface area contributed by atoms with E-state index < -0.39 is 0 Å². The average molecular weight is 263 g/mol. The number of carbonyl (C=O) groups excluding carboxylic acids is 1. The molecule has 0 unspecified atom stereocenters. The minimum atomic E-state index is -0.187. The first-order chi connectivity index (χ1) is 8.74. The number of benzene rings is 1. The number of carbonyl (C=O) groups is 1. The highest BCUT2D eigenvalue weighted by molar-refractivity contribution is 7.09.